The van der Waals surface area contributed by atoms with Crippen molar-refractivity contribution in [2.24, 2.45) is 0 Å². The molecule has 1 N–H and O–H groups in total. The van der Waals surface area contributed by atoms with Crippen molar-refractivity contribution in [1.29, 1.82) is 0 Å². The molecule has 2 nitrogen and oxygen atoms in total. The van der Waals surface area contributed by atoms with Crippen LogP contribution in [0.2, 0.25) is 0 Å². The van der Waals surface area contributed by atoms with Gasteiger partial charge in [0.2, 0.25) is 0 Å². The first-order chi connectivity index (χ1) is 8.36. The van der Waals surface area contributed by atoms with Gasteiger partial charge in [0.25, 0.3) is 0 Å². The first-order valence-electron chi connectivity index (χ1n) is 6.84. The van der Waals surface area contributed by atoms with E-state index in [0.717, 1.165) is 13.1 Å². The molecule has 17 heavy (non-hydrogen) atoms. The summed E-state index contributed by atoms with van der Waals surface area (Å²) in [4.78, 5) is 2.58. The van der Waals surface area contributed by atoms with E-state index in [1.165, 1.54) is 38.0 Å². The summed E-state index contributed by atoms with van der Waals surface area (Å²) in [5.41, 5.74) is 1.48. The summed E-state index contributed by atoms with van der Waals surface area (Å²) < 4.78 is 0. The Morgan fingerprint density at radius 2 is 1.88 bits per heavy atom. The second-order valence-electron chi connectivity index (χ2n) is 5.05. The van der Waals surface area contributed by atoms with E-state index in [4.69, 9.17) is 0 Å². The van der Waals surface area contributed by atoms with Crippen LogP contribution in [0.25, 0.3) is 0 Å². The molecule has 0 aliphatic carbocycles. The number of piperazine rings is 1. The summed E-state index contributed by atoms with van der Waals surface area (Å²) in [5, 5.41) is 3.40. The van der Waals surface area contributed by atoms with E-state index in [0.29, 0.717) is 5.92 Å². The molecule has 1 aliphatic heterocycles. The molecule has 0 radical (unpaired) electrons. The number of benzene rings is 1. The van der Waals surface area contributed by atoms with Crippen molar-refractivity contribution in [3.63, 3.8) is 0 Å². The number of hydrogen-bond acceptors (Lipinski definition) is 2. The monoisotopic (exact) mass is 232 g/mol. The molecular formula is C15H24N2. The predicted molar refractivity (Wildman–Crippen MR) is 73.4 cm³/mol. The first-order valence-corrected chi connectivity index (χ1v) is 6.84. The summed E-state index contributed by atoms with van der Waals surface area (Å²) in [6.45, 7) is 8.37. The molecule has 1 aromatic rings. The standard InChI is InChI=1S/C15H24N2/c1-14(15-7-3-2-4-8-15)6-5-11-17-12-9-16-10-13-17/h2-4,7-8,14,16H,5-6,9-13H2,1H3. The molecule has 1 fully saturated rings. The summed E-state index contributed by atoms with van der Waals surface area (Å²) >= 11 is 0. The average Bonchev–Trinajstić information content (AvgIpc) is 2.41. The van der Waals surface area contributed by atoms with Crippen LogP contribution in [-0.4, -0.2) is 37.6 Å². The van der Waals surface area contributed by atoms with Crippen LogP contribution in [-0.2, 0) is 0 Å². The second-order valence-corrected chi connectivity index (χ2v) is 5.05. The van der Waals surface area contributed by atoms with Crippen molar-refractivity contribution in [1.82, 2.24) is 10.2 Å². The SMILES string of the molecule is CC(CCCN1CCNCC1)c1ccccc1. The van der Waals surface area contributed by atoms with Crippen LogP contribution in [0, 0.1) is 0 Å². The Morgan fingerprint density at radius 3 is 2.59 bits per heavy atom. The van der Waals surface area contributed by atoms with Crippen LogP contribution in [0.3, 0.4) is 0 Å². The topological polar surface area (TPSA) is 15.3 Å². The highest BCUT2D eigenvalue weighted by molar-refractivity contribution is 5.18. The van der Waals surface area contributed by atoms with Crippen LogP contribution in [0.5, 0.6) is 0 Å². The minimum Gasteiger partial charge on any atom is -0.314 e. The smallest absolute Gasteiger partial charge is 0.0107 e. The zero-order chi connectivity index (χ0) is 11.9. The van der Waals surface area contributed by atoms with E-state index in [1.807, 2.05) is 0 Å². The van der Waals surface area contributed by atoms with E-state index in [1.54, 1.807) is 0 Å². The molecule has 1 aromatic carbocycles. The van der Waals surface area contributed by atoms with Crippen molar-refractivity contribution >= 4 is 0 Å². The maximum Gasteiger partial charge on any atom is 0.0107 e. The lowest BCUT2D eigenvalue weighted by atomic mass is 9.96. The Bertz CT molecular complexity index is 304. The summed E-state index contributed by atoms with van der Waals surface area (Å²) in [7, 11) is 0. The average molecular weight is 232 g/mol. The van der Waals surface area contributed by atoms with Gasteiger partial charge < -0.3 is 10.2 Å². The molecule has 1 atom stereocenters. The van der Waals surface area contributed by atoms with Crippen LogP contribution < -0.4 is 5.32 Å². The van der Waals surface area contributed by atoms with E-state index in [2.05, 4.69) is 47.5 Å². The lowest BCUT2D eigenvalue weighted by Crippen LogP contribution is -2.43. The minimum atomic E-state index is 0.694. The minimum absolute atomic E-state index is 0.694. The molecule has 1 aliphatic rings. The van der Waals surface area contributed by atoms with E-state index in [-0.39, 0.29) is 0 Å². The van der Waals surface area contributed by atoms with Gasteiger partial charge in [-0.15, -0.1) is 0 Å². The van der Waals surface area contributed by atoms with E-state index < -0.39 is 0 Å². The Labute approximate surface area is 105 Å². The fraction of sp³-hybridized carbons (Fsp3) is 0.600. The van der Waals surface area contributed by atoms with Gasteiger partial charge in [0, 0.05) is 26.2 Å². The Kier molecular flexibility index (Phi) is 5.02. The maximum absolute atomic E-state index is 3.40. The molecule has 94 valence electrons. The van der Waals surface area contributed by atoms with Crippen LogP contribution in [0.15, 0.2) is 30.3 Å². The van der Waals surface area contributed by atoms with Crippen molar-refractivity contribution in [2.75, 3.05) is 32.7 Å². The van der Waals surface area contributed by atoms with Gasteiger partial charge in [0.15, 0.2) is 0 Å². The highest BCUT2D eigenvalue weighted by Gasteiger charge is 2.10. The molecular weight excluding hydrogens is 208 g/mol. The van der Waals surface area contributed by atoms with Crippen molar-refractivity contribution < 1.29 is 0 Å². The van der Waals surface area contributed by atoms with Gasteiger partial charge in [-0.05, 0) is 30.9 Å². The summed E-state index contributed by atoms with van der Waals surface area (Å²) in [6, 6.07) is 10.9. The van der Waals surface area contributed by atoms with E-state index >= 15 is 0 Å². The fourth-order valence-corrected chi connectivity index (χ4v) is 2.50. The predicted octanol–water partition coefficient (Wildman–Crippen LogP) is 2.48. The van der Waals surface area contributed by atoms with Gasteiger partial charge in [0.05, 0.1) is 0 Å². The number of nitrogens with one attached hydrogen (secondary N) is 1. The number of rotatable bonds is 5. The molecule has 2 rings (SSSR count). The Hall–Kier alpha value is -0.860. The first kappa shape index (κ1) is 12.6. The number of nitrogens with zero attached hydrogens (tertiary/aromatic N) is 1. The molecule has 0 saturated carbocycles. The molecule has 1 saturated heterocycles. The van der Waals surface area contributed by atoms with Crippen molar-refractivity contribution in [3.05, 3.63) is 35.9 Å². The van der Waals surface area contributed by atoms with Gasteiger partial charge in [-0.3, -0.25) is 0 Å². The largest absolute Gasteiger partial charge is 0.314 e. The quantitative estimate of drug-likeness (QED) is 0.839. The molecule has 0 amide bonds. The molecule has 0 aromatic heterocycles. The van der Waals surface area contributed by atoms with Crippen molar-refractivity contribution in [2.45, 2.75) is 25.7 Å². The maximum atomic E-state index is 3.40. The Balaban J connectivity index is 1.67. The van der Waals surface area contributed by atoms with E-state index in [9.17, 15) is 0 Å². The fourth-order valence-electron chi connectivity index (χ4n) is 2.50. The Morgan fingerprint density at radius 1 is 1.18 bits per heavy atom. The third-order valence-electron chi connectivity index (χ3n) is 3.69. The molecule has 1 unspecified atom stereocenters. The van der Waals surface area contributed by atoms with Crippen molar-refractivity contribution in [3.8, 4) is 0 Å². The third kappa shape index (κ3) is 4.14. The second kappa shape index (κ2) is 6.77. The van der Waals surface area contributed by atoms with Gasteiger partial charge in [-0.25, -0.2) is 0 Å². The lowest BCUT2D eigenvalue weighted by Gasteiger charge is -2.27. The van der Waals surface area contributed by atoms with Crippen LogP contribution in [0.4, 0.5) is 0 Å². The zero-order valence-corrected chi connectivity index (χ0v) is 10.9. The zero-order valence-electron chi connectivity index (χ0n) is 10.9. The molecule has 1 heterocycles. The van der Waals surface area contributed by atoms with Gasteiger partial charge in [-0.1, -0.05) is 37.3 Å². The van der Waals surface area contributed by atoms with Crippen LogP contribution >= 0.6 is 0 Å². The highest BCUT2D eigenvalue weighted by atomic mass is 15.2. The summed E-state index contributed by atoms with van der Waals surface area (Å²) in [5.74, 6) is 0.694. The molecule has 0 bridgehead atoms. The van der Waals surface area contributed by atoms with Gasteiger partial charge in [0.1, 0.15) is 0 Å². The molecule has 0 spiro atoms. The highest BCUT2D eigenvalue weighted by Crippen LogP contribution is 2.20. The molecule has 2 heteroatoms. The van der Waals surface area contributed by atoms with Gasteiger partial charge in [-0.2, -0.15) is 0 Å². The van der Waals surface area contributed by atoms with Gasteiger partial charge >= 0.3 is 0 Å². The lowest BCUT2D eigenvalue weighted by molar-refractivity contribution is 0.235. The third-order valence-corrected chi connectivity index (χ3v) is 3.69. The number of hydrogen-bond donors (Lipinski definition) is 1. The van der Waals surface area contributed by atoms with Crippen LogP contribution in [0.1, 0.15) is 31.2 Å². The normalized spacial score (nSPS) is 19.1. The summed E-state index contributed by atoms with van der Waals surface area (Å²) in [6.07, 6.45) is 2.62.